The van der Waals surface area contributed by atoms with Gasteiger partial charge in [-0.2, -0.15) is 0 Å². The molecule has 0 unspecified atom stereocenters. The third kappa shape index (κ3) is 2.14. The Labute approximate surface area is 85.2 Å². The summed E-state index contributed by atoms with van der Waals surface area (Å²) in [5.41, 5.74) is 4.65. The van der Waals surface area contributed by atoms with Crippen LogP contribution in [0.3, 0.4) is 0 Å². The predicted molar refractivity (Wildman–Crippen MR) is 57.6 cm³/mol. The maximum absolute atomic E-state index is 9.10. The maximum Gasteiger partial charge on any atom is 0.0521 e. The molecular formula is C12H18O2. The van der Waals surface area contributed by atoms with Gasteiger partial charge >= 0.3 is 0 Å². The molecule has 0 saturated carbocycles. The first kappa shape index (κ1) is 11.2. The number of aliphatic hydroxyl groups is 2. The molecule has 0 spiro atoms. The van der Waals surface area contributed by atoms with Gasteiger partial charge < -0.3 is 10.2 Å². The van der Waals surface area contributed by atoms with E-state index in [1.54, 1.807) is 0 Å². The smallest absolute Gasteiger partial charge is 0.0521 e. The molecule has 1 rings (SSSR count). The minimum Gasteiger partial charge on any atom is -0.396 e. The van der Waals surface area contributed by atoms with Crippen LogP contribution in [0.25, 0.3) is 0 Å². The second-order valence-corrected chi connectivity index (χ2v) is 3.86. The first-order chi connectivity index (χ1) is 6.60. The Hall–Kier alpha value is -0.860. The van der Waals surface area contributed by atoms with Crippen LogP contribution < -0.4 is 0 Å². The Balaban J connectivity index is 3.14. The highest BCUT2D eigenvalue weighted by molar-refractivity contribution is 5.38. The first-order valence-corrected chi connectivity index (χ1v) is 4.89. The third-order valence-corrected chi connectivity index (χ3v) is 2.76. The normalized spacial score (nSPS) is 11.0. The monoisotopic (exact) mass is 194 g/mol. The Morgan fingerprint density at radius 2 is 1.43 bits per heavy atom. The molecule has 2 N–H and O–H groups in total. The van der Waals surface area contributed by atoms with Gasteiger partial charge in [-0.3, -0.25) is 0 Å². The van der Waals surface area contributed by atoms with Crippen molar-refractivity contribution in [3.63, 3.8) is 0 Å². The van der Waals surface area contributed by atoms with Gasteiger partial charge in [0.1, 0.15) is 0 Å². The van der Waals surface area contributed by atoms with Gasteiger partial charge in [-0.05, 0) is 43.0 Å². The summed E-state index contributed by atoms with van der Waals surface area (Å²) in [6.45, 7) is 6.13. The lowest BCUT2D eigenvalue weighted by Gasteiger charge is -2.16. The zero-order chi connectivity index (χ0) is 10.7. The summed E-state index contributed by atoms with van der Waals surface area (Å²) < 4.78 is 0. The van der Waals surface area contributed by atoms with Gasteiger partial charge in [0.2, 0.25) is 0 Å². The van der Waals surface area contributed by atoms with Crippen LogP contribution in [0.1, 0.15) is 28.2 Å². The molecule has 2 nitrogen and oxygen atoms in total. The standard InChI is InChI=1S/C12H18O2/c1-8-4-10(3)12(5-9(8)2)11(6-13)7-14/h4-5,11,13-14H,6-7H2,1-3H3. The molecule has 0 aliphatic carbocycles. The van der Waals surface area contributed by atoms with E-state index in [9.17, 15) is 0 Å². The molecule has 2 heteroatoms. The van der Waals surface area contributed by atoms with E-state index in [0.717, 1.165) is 11.1 Å². The zero-order valence-corrected chi connectivity index (χ0v) is 9.04. The highest BCUT2D eigenvalue weighted by atomic mass is 16.3. The second kappa shape index (κ2) is 4.58. The lowest BCUT2D eigenvalue weighted by molar-refractivity contribution is 0.192. The first-order valence-electron chi connectivity index (χ1n) is 4.89. The number of rotatable bonds is 3. The fraction of sp³-hybridized carbons (Fsp3) is 0.500. The molecule has 0 saturated heterocycles. The lowest BCUT2D eigenvalue weighted by Crippen LogP contribution is -2.11. The molecule has 0 aliphatic rings. The number of aliphatic hydroxyl groups excluding tert-OH is 2. The highest BCUT2D eigenvalue weighted by Gasteiger charge is 2.12. The summed E-state index contributed by atoms with van der Waals surface area (Å²) in [6, 6.07) is 4.16. The van der Waals surface area contributed by atoms with Crippen molar-refractivity contribution in [2.75, 3.05) is 13.2 Å². The second-order valence-electron chi connectivity index (χ2n) is 3.86. The molecule has 0 bridgehead atoms. The van der Waals surface area contributed by atoms with Crippen LogP contribution in [0.2, 0.25) is 0 Å². The summed E-state index contributed by atoms with van der Waals surface area (Å²) in [4.78, 5) is 0. The fourth-order valence-corrected chi connectivity index (χ4v) is 1.68. The molecule has 0 aliphatic heterocycles. The SMILES string of the molecule is Cc1cc(C)c(C(CO)CO)cc1C. The van der Waals surface area contributed by atoms with Gasteiger partial charge in [-0.25, -0.2) is 0 Å². The van der Waals surface area contributed by atoms with E-state index >= 15 is 0 Å². The van der Waals surface area contributed by atoms with Gasteiger partial charge in [0.05, 0.1) is 13.2 Å². The quantitative estimate of drug-likeness (QED) is 0.768. The molecule has 0 atom stereocenters. The van der Waals surface area contributed by atoms with Crippen LogP contribution >= 0.6 is 0 Å². The Morgan fingerprint density at radius 1 is 0.929 bits per heavy atom. The topological polar surface area (TPSA) is 40.5 Å². The van der Waals surface area contributed by atoms with Crippen molar-refractivity contribution >= 4 is 0 Å². The number of hydrogen-bond acceptors (Lipinski definition) is 2. The molecule has 1 aromatic carbocycles. The summed E-state index contributed by atoms with van der Waals surface area (Å²) >= 11 is 0. The van der Waals surface area contributed by atoms with Gasteiger partial charge in [0.25, 0.3) is 0 Å². The van der Waals surface area contributed by atoms with Crippen molar-refractivity contribution in [2.24, 2.45) is 0 Å². The van der Waals surface area contributed by atoms with E-state index in [0.29, 0.717) is 0 Å². The Morgan fingerprint density at radius 3 is 1.93 bits per heavy atom. The van der Waals surface area contributed by atoms with Crippen LogP contribution in [0.15, 0.2) is 12.1 Å². The van der Waals surface area contributed by atoms with Crippen molar-refractivity contribution in [3.8, 4) is 0 Å². The van der Waals surface area contributed by atoms with E-state index in [1.165, 1.54) is 11.1 Å². The van der Waals surface area contributed by atoms with Crippen molar-refractivity contribution in [1.29, 1.82) is 0 Å². The molecular weight excluding hydrogens is 176 g/mol. The predicted octanol–water partition coefficient (Wildman–Crippen LogP) is 1.68. The van der Waals surface area contributed by atoms with Crippen LogP contribution in [0.4, 0.5) is 0 Å². The van der Waals surface area contributed by atoms with Gasteiger partial charge in [-0.15, -0.1) is 0 Å². The van der Waals surface area contributed by atoms with Crippen molar-refractivity contribution in [3.05, 3.63) is 34.4 Å². The van der Waals surface area contributed by atoms with E-state index < -0.39 is 0 Å². The van der Waals surface area contributed by atoms with Crippen LogP contribution in [-0.4, -0.2) is 23.4 Å². The van der Waals surface area contributed by atoms with E-state index in [1.807, 2.05) is 13.8 Å². The number of aryl methyl sites for hydroxylation is 3. The van der Waals surface area contributed by atoms with E-state index in [2.05, 4.69) is 19.1 Å². The summed E-state index contributed by atoms with van der Waals surface area (Å²) in [6.07, 6.45) is 0. The molecule has 0 aromatic heterocycles. The van der Waals surface area contributed by atoms with E-state index in [4.69, 9.17) is 10.2 Å². The summed E-state index contributed by atoms with van der Waals surface area (Å²) in [7, 11) is 0. The molecule has 0 radical (unpaired) electrons. The van der Waals surface area contributed by atoms with Gasteiger partial charge in [-0.1, -0.05) is 12.1 Å². The summed E-state index contributed by atoms with van der Waals surface area (Å²) in [5.74, 6) is -0.144. The van der Waals surface area contributed by atoms with E-state index in [-0.39, 0.29) is 19.1 Å². The van der Waals surface area contributed by atoms with Crippen molar-refractivity contribution in [2.45, 2.75) is 26.7 Å². The van der Waals surface area contributed by atoms with Crippen molar-refractivity contribution < 1.29 is 10.2 Å². The minimum absolute atomic E-state index is 0.000158. The number of benzene rings is 1. The van der Waals surface area contributed by atoms with Crippen molar-refractivity contribution in [1.82, 2.24) is 0 Å². The molecule has 0 amide bonds. The van der Waals surface area contributed by atoms with Crippen LogP contribution in [-0.2, 0) is 0 Å². The average Bonchev–Trinajstić information content (AvgIpc) is 2.15. The molecule has 0 heterocycles. The molecule has 14 heavy (non-hydrogen) atoms. The largest absolute Gasteiger partial charge is 0.396 e. The summed E-state index contributed by atoms with van der Waals surface area (Å²) in [5, 5.41) is 18.2. The lowest BCUT2D eigenvalue weighted by atomic mass is 9.92. The maximum atomic E-state index is 9.10. The average molecular weight is 194 g/mol. The van der Waals surface area contributed by atoms with Crippen LogP contribution in [0.5, 0.6) is 0 Å². The molecule has 1 aromatic rings. The third-order valence-electron chi connectivity index (χ3n) is 2.76. The Kier molecular flexibility index (Phi) is 3.67. The molecule has 0 fully saturated rings. The number of hydrogen-bond donors (Lipinski definition) is 2. The van der Waals surface area contributed by atoms with Gasteiger partial charge in [0, 0.05) is 5.92 Å². The molecule has 78 valence electrons. The zero-order valence-electron chi connectivity index (χ0n) is 9.04. The Bertz CT molecular complexity index is 314. The van der Waals surface area contributed by atoms with Gasteiger partial charge in [0.15, 0.2) is 0 Å². The fourth-order valence-electron chi connectivity index (χ4n) is 1.68. The minimum atomic E-state index is -0.144. The highest BCUT2D eigenvalue weighted by Crippen LogP contribution is 2.22. The van der Waals surface area contributed by atoms with Crippen LogP contribution in [0, 0.1) is 20.8 Å².